The molecule has 0 aromatic carbocycles. The minimum atomic E-state index is -0.449. The SMILES string of the molecule is CCc1ccc(CC(O)c2cc(C)sc2C)nc1. The summed E-state index contributed by atoms with van der Waals surface area (Å²) in [6.45, 7) is 6.25. The third kappa shape index (κ3) is 2.98. The van der Waals surface area contributed by atoms with E-state index in [0.29, 0.717) is 6.42 Å². The standard InChI is InChI=1S/C15H19NOS/c1-4-12-5-6-13(16-9-12)8-15(17)14-7-10(2)18-11(14)3/h5-7,9,15,17H,4,8H2,1-3H3. The van der Waals surface area contributed by atoms with E-state index in [-0.39, 0.29) is 0 Å². The molecule has 0 bridgehead atoms. The first kappa shape index (κ1) is 13.2. The van der Waals surface area contributed by atoms with Gasteiger partial charge in [0.05, 0.1) is 6.10 Å². The van der Waals surface area contributed by atoms with E-state index < -0.39 is 6.10 Å². The smallest absolute Gasteiger partial charge is 0.0856 e. The fourth-order valence-corrected chi connectivity index (χ4v) is 3.06. The lowest BCUT2D eigenvalue weighted by Gasteiger charge is -2.10. The Kier molecular flexibility index (Phi) is 4.15. The Bertz CT molecular complexity index is 516. The van der Waals surface area contributed by atoms with E-state index in [2.05, 4.69) is 37.9 Å². The summed E-state index contributed by atoms with van der Waals surface area (Å²) in [6, 6.07) is 6.17. The van der Waals surface area contributed by atoms with E-state index in [9.17, 15) is 5.11 Å². The Morgan fingerprint density at radius 3 is 2.61 bits per heavy atom. The van der Waals surface area contributed by atoms with Crippen molar-refractivity contribution in [2.75, 3.05) is 0 Å². The minimum absolute atomic E-state index is 0.449. The maximum atomic E-state index is 10.3. The molecule has 0 amide bonds. The summed E-state index contributed by atoms with van der Waals surface area (Å²) in [5.74, 6) is 0. The largest absolute Gasteiger partial charge is 0.388 e. The molecule has 2 rings (SSSR count). The molecule has 96 valence electrons. The predicted octanol–water partition coefficient (Wildman–Crippen LogP) is 3.60. The Morgan fingerprint density at radius 2 is 2.11 bits per heavy atom. The molecule has 1 atom stereocenters. The van der Waals surface area contributed by atoms with Crippen molar-refractivity contribution in [3.8, 4) is 0 Å². The molecule has 0 fully saturated rings. The van der Waals surface area contributed by atoms with Gasteiger partial charge in [-0.3, -0.25) is 4.98 Å². The molecule has 0 aliphatic heterocycles. The van der Waals surface area contributed by atoms with E-state index in [0.717, 1.165) is 17.7 Å². The summed E-state index contributed by atoms with van der Waals surface area (Å²) in [5.41, 5.74) is 3.22. The van der Waals surface area contributed by atoms with Crippen molar-refractivity contribution in [2.24, 2.45) is 0 Å². The van der Waals surface area contributed by atoms with E-state index >= 15 is 0 Å². The van der Waals surface area contributed by atoms with Crippen LogP contribution in [0, 0.1) is 13.8 Å². The zero-order valence-corrected chi connectivity index (χ0v) is 11.9. The zero-order chi connectivity index (χ0) is 13.1. The molecule has 2 heterocycles. The zero-order valence-electron chi connectivity index (χ0n) is 11.1. The number of hydrogen-bond acceptors (Lipinski definition) is 3. The van der Waals surface area contributed by atoms with Crippen LogP contribution in [0.1, 0.15) is 39.6 Å². The second-order valence-electron chi connectivity index (χ2n) is 4.60. The highest BCUT2D eigenvalue weighted by molar-refractivity contribution is 7.12. The molecule has 3 heteroatoms. The summed E-state index contributed by atoms with van der Waals surface area (Å²) in [6.07, 6.45) is 3.03. The van der Waals surface area contributed by atoms with Gasteiger partial charge < -0.3 is 5.11 Å². The van der Waals surface area contributed by atoms with E-state index in [1.807, 2.05) is 12.3 Å². The van der Waals surface area contributed by atoms with Crippen molar-refractivity contribution in [3.63, 3.8) is 0 Å². The molecule has 1 N–H and O–H groups in total. The average molecular weight is 261 g/mol. The van der Waals surface area contributed by atoms with Crippen molar-refractivity contribution in [1.82, 2.24) is 4.98 Å². The van der Waals surface area contributed by atoms with Gasteiger partial charge in [0, 0.05) is 28.1 Å². The summed E-state index contributed by atoms with van der Waals surface area (Å²) >= 11 is 1.73. The number of aliphatic hydroxyl groups is 1. The molecule has 0 aliphatic carbocycles. The third-order valence-electron chi connectivity index (χ3n) is 3.14. The maximum Gasteiger partial charge on any atom is 0.0856 e. The molecular weight excluding hydrogens is 242 g/mol. The van der Waals surface area contributed by atoms with Crippen molar-refractivity contribution >= 4 is 11.3 Å². The Hall–Kier alpha value is -1.19. The molecule has 1 unspecified atom stereocenters. The Labute approximate surface area is 112 Å². The van der Waals surface area contributed by atoms with Gasteiger partial charge in [-0.1, -0.05) is 13.0 Å². The molecule has 2 nitrogen and oxygen atoms in total. The van der Waals surface area contributed by atoms with Gasteiger partial charge in [-0.15, -0.1) is 11.3 Å². The number of pyridine rings is 1. The number of aliphatic hydroxyl groups excluding tert-OH is 1. The van der Waals surface area contributed by atoms with Crippen molar-refractivity contribution in [1.29, 1.82) is 0 Å². The Balaban J connectivity index is 2.10. The van der Waals surface area contributed by atoms with Gasteiger partial charge in [-0.05, 0) is 43.5 Å². The van der Waals surface area contributed by atoms with E-state index in [1.54, 1.807) is 11.3 Å². The molecular formula is C15H19NOS. The van der Waals surface area contributed by atoms with Crippen LogP contribution in [0.25, 0.3) is 0 Å². The molecule has 0 spiro atoms. The summed E-state index contributed by atoms with van der Waals surface area (Å²) in [7, 11) is 0. The summed E-state index contributed by atoms with van der Waals surface area (Å²) < 4.78 is 0. The van der Waals surface area contributed by atoms with Gasteiger partial charge in [0.15, 0.2) is 0 Å². The monoisotopic (exact) mass is 261 g/mol. The number of hydrogen-bond donors (Lipinski definition) is 1. The maximum absolute atomic E-state index is 10.3. The van der Waals surface area contributed by atoms with Crippen molar-refractivity contribution < 1.29 is 5.11 Å². The van der Waals surface area contributed by atoms with Crippen LogP contribution >= 0.6 is 11.3 Å². The van der Waals surface area contributed by atoms with Crippen molar-refractivity contribution in [3.05, 3.63) is 51.0 Å². The molecule has 0 saturated heterocycles. The lowest BCUT2D eigenvalue weighted by atomic mass is 10.0. The Morgan fingerprint density at radius 1 is 1.33 bits per heavy atom. The average Bonchev–Trinajstić information content (AvgIpc) is 2.69. The van der Waals surface area contributed by atoms with E-state index in [4.69, 9.17) is 0 Å². The molecule has 0 radical (unpaired) electrons. The topological polar surface area (TPSA) is 33.1 Å². The van der Waals surface area contributed by atoms with Crippen LogP contribution in [0.5, 0.6) is 0 Å². The first-order chi connectivity index (χ1) is 8.60. The van der Waals surface area contributed by atoms with Crippen LogP contribution in [0.15, 0.2) is 24.4 Å². The lowest BCUT2D eigenvalue weighted by Crippen LogP contribution is -2.03. The highest BCUT2D eigenvalue weighted by Gasteiger charge is 2.14. The summed E-state index contributed by atoms with van der Waals surface area (Å²) in [5, 5.41) is 10.3. The van der Waals surface area contributed by atoms with Crippen LogP contribution in [0.4, 0.5) is 0 Å². The van der Waals surface area contributed by atoms with E-state index in [1.165, 1.54) is 15.3 Å². The predicted molar refractivity (Wildman–Crippen MR) is 76.1 cm³/mol. The number of rotatable bonds is 4. The van der Waals surface area contributed by atoms with Crippen LogP contribution in [-0.2, 0) is 12.8 Å². The minimum Gasteiger partial charge on any atom is -0.388 e. The molecule has 18 heavy (non-hydrogen) atoms. The van der Waals surface area contributed by atoms with Gasteiger partial charge in [0.25, 0.3) is 0 Å². The first-order valence-corrected chi connectivity index (χ1v) is 7.10. The molecule has 0 saturated carbocycles. The van der Waals surface area contributed by atoms with Crippen LogP contribution < -0.4 is 0 Å². The second kappa shape index (κ2) is 5.63. The first-order valence-electron chi connectivity index (χ1n) is 6.29. The highest BCUT2D eigenvalue weighted by Crippen LogP contribution is 2.28. The van der Waals surface area contributed by atoms with Crippen molar-refractivity contribution in [2.45, 2.75) is 39.7 Å². The third-order valence-corrected chi connectivity index (χ3v) is 4.12. The summed E-state index contributed by atoms with van der Waals surface area (Å²) in [4.78, 5) is 6.84. The van der Waals surface area contributed by atoms with Gasteiger partial charge in [0.2, 0.25) is 0 Å². The quantitative estimate of drug-likeness (QED) is 0.912. The lowest BCUT2D eigenvalue weighted by molar-refractivity contribution is 0.177. The van der Waals surface area contributed by atoms with Gasteiger partial charge in [-0.2, -0.15) is 0 Å². The number of nitrogens with zero attached hydrogens (tertiary/aromatic N) is 1. The van der Waals surface area contributed by atoms with Crippen LogP contribution in [-0.4, -0.2) is 10.1 Å². The highest BCUT2D eigenvalue weighted by atomic mass is 32.1. The number of aryl methyl sites for hydroxylation is 3. The fraction of sp³-hybridized carbons (Fsp3) is 0.400. The van der Waals surface area contributed by atoms with Gasteiger partial charge in [0.1, 0.15) is 0 Å². The normalized spacial score (nSPS) is 12.7. The second-order valence-corrected chi connectivity index (χ2v) is 6.06. The molecule has 0 aliphatic rings. The van der Waals surface area contributed by atoms with Crippen LogP contribution in [0.2, 0.25) is 0 Å². The number of thiophene rings is 1. The van der Waals surface area contributed by atoms with Gasteiger partial charge >= 0.3 is 0 Å². The molecule has 2 aromatic rings. The number of aromatic nitrogens is 1. The molecule has 2 aromatic heterocycles. The van der Waals surface area contributed by atoms with Crippen LogP contribution in [0.3, 0.4) is 0 Å². The van der Waals surface area contributed by atoms with Gasteiger partial charge in [-0.25, -0.2) is 0 Å². The fourth-order valence-electron chi connectivity index (χ4n) is 2.07.